The highest BCUT2D eigenvalue weighted by Gasteiger charge is 2.09. The van der Waals surface area contributed by atoms with Crippen LogP contribution in [0.3, 0.4) is 0 Å². The van der Waals surface area contributed by atoms with Gasteiger partial charge < -0.3 is 10.2 Å². The molecular weight excluding hydrogens is 283 g/mol. The number of hydrogen-bond donors (Lipinski definition) is 1. The van der Waals surface area contributed by atoms with Gasteiger partial charge >= 0.3 is 0 Å². The molecule has 0 heterocycles. The van der Waals surface area contributed by atoms with Crippen molar-refractivity contribution in [2.24, 2.45) is 0 Å². The van der Waals surface area contributed by atoms with Crippen LogP contribution in [0, 0.1) is 19.7 Å². The van der Waals surface area contributed by atoms with E-state index in [0.29, 0.717) is 17.2 Å². The minimum Gasteiger partial charge on any atom is -0.348 e. The van der Waals surface area contributed by atoms with Crippen LogP contribution >= 0.6 is 12.2 Å². The first-order valence-electron chi connectivity index (χ1n) is 6.79. The number of benzene rings is 2. The Bertz CT molecular complexity index is 635. The van der Waals surface area contributed by atoms with Gasteiger partial charge in [-0.05, 0) is 55.4 Å². The number of aryl methyl sites for hydroxylation is 2. The second kappa shape index (κ2) is 6.68. The van der Waals surface area contributed by atoms with Crippen LogP contribution in [0.5, 0.6) is 0 Å². The molecule has 0 saturated carbocycles. The lowest BCUT2D eigenvalue weighted by Gasteiger charge is -2.21. The zero-order valence-corrected chi connectivity index (χ0v) is 13.3. The lowest BCUT2D eigenvalue weighted by Crippen LogP contribution is -2.30. The molecule has 0 spiro atoms. The summed E-state index contributed by atoms with van der Waals surface area (Å²) in [5, 5.41) is 3.77. The molecule has 0 aliphatic heterocycles. The third-order valence-electron chi connectivity index (χ3n) is 3.19. The van der Waals surface area contributed by atoms with E-state index in [-0.39, 0.29) is 5.82 Å². The van der Waals surface area contributed by atoms with Crippen molar-refractivity contribution in [3.05, 3.63) is 65.0 Å². The summed E-state index contributed by atoms with van der Waals surface area (Å²) in [6.07, 6.45) is 0. The monoisotopic (exact) mass is 302 g/mol. The third kappa shape index (κ3) is 4.26. The second-order valence-corrected chi connectivity index (χ2v) is 5.64. The van der Waals surface area contributed by atoms with Gasteiger partial charge in [0.1, 0.15) is 5.82 Å². The quantitative estimate of drug-likeness (QED) is 0.852. The fraction of sp³-hybridized carbons (Fsp3) is 0.235. The molecule has 0 aromatic heterocycles. The van der Waals surface area contributed by atoms with Crippen LogP contribution in [-0.2, 0) is 6.54 Å². The summed E-state index contributed by atoms with van der Waals surface area (Å²) >= 11 is 5.38. The van der Waals surface area contributed by atoms with Crippen LogP contribution in [0.15, 0.2) is 42.5 Å². The first kappa shape index (κ1) is 15.4. The molecule has 0 bridgehead atoms. The average molecular weight is 302 g/mol. The topological polar surface area (TPSA) is 15.3 Å². The molecule has 2 aromatic rings. The number of nitrogens with zero attached hydrogens (tertiary/aromatic N) is 1. The summed E-state index contributed by atoms with van der Waals surface area (Å²) in [6, 6.07) is 12.9. The van der Waals surface area contributed by atoms with Gasteiger partial charge in [0, 0.05) is 24.8 Å². The molecule has 110 valence electrons. The Morgan fingerprint density at radius 3 is 2.38 bits per heavy atom. The molecule has 0 aliphatic carbocycles. The predicted molar refractivity (Wildman–Crippen MR) is 90.0 cm³/mol. The van der Waals surface area contributed by atoms with Crippen LogP contribution in [-0.4, -0.2) is 17.1 Å². The molecule has 1 N–H and O–H groups in total. The number of thiocarbonyl (C=S) groups is 1. The highest BCUT2D eigenvalue weighted by atomic mass is 32.1. The van der Waals surface area contributed by atoms with Crippen LogP contribution < -0.4 is 5.32 Å². The van der Waals surface area contributed by atoms with Crippen molar-refractivity contribution < 1.29 is 4.39 Å². The number of hydrogen-bond acceptors (Lipinski definition) is 1. The number of nitrogens with one attached hydrogen (secondary N) is 1. The lowest BCUT2D eigenvalue weighted by atomic mass is 10.1. The standard InChI is InChI=1S/C17H19FN2S/c1-12-8-13(2)10-15(9-12)19-17(21)20(3)11-14-6-4-5-7-16(14)18/h4-10H,11H2,1-3H3,(H,19,21). The Hall–Kier alpha value is -1.94. The molecule has 0 aliphatic rings. The van der Waals surface area contributed by atoms with E-state index >= 15 is 0 Å². The van der Waals surface area contributed by atoms with Crippen molar-refractivity contribution in [1.29, 1.82) is 0 Å². The summed E-state index contributed by atoms with van der Waals surface area (Å²) in [5.74, 6) is -0.210. The SMILES string of the molecule is Cc1cc(C)cc(NC(=S)N(C)Cc2ccccc2F)c1. The van der Waals surface area contributed by atoms with Gasteiger partial charge in [0.15, 0.2) is 5.11 Å². The van der Waals surface area contributed by atoms with Crippen molar-refractivity contribution >= 4 is 23.0 Å². The third-order valence-corrected chi connectivity index (χ3v) is 3.60. The van der Waals surface area contributed by atoms with Crippen molar-refractivity contribution in [1.82, 2.24) is 4.90 Å². The van der Waals surface area contributed by atoms with Gasteiger partial charge in [-0.1, -0.05) is 24.3 Å². The minimum atomic E-state index is -0.210. The van der Waals surface area contributed by atoms with E-state index in [9.17, 15) is 4.39 Å². The summed E-state index contributed by atoms with van der Waals surface area (Å²) in [4.78, 5) is 1.82. The van der Waals surface area contributed by atoms with E-state index < -0.39 is 0 Å². The smallest absolute Gasteiger partial charge is 0.173 e. The van der Waals surface area contributed by atoms with Crippen LogP contribution in [0.25, 0.3) is 0 Å². The molecule has 0 amide bonds. The van der Waals surface area contributed by atoms with Gasteiger partial charge in [0.25, 0.3) is 0 Å². The van der Waals surface area contributed by atoms with Crippen molar-refractivity contribution in [3.8, 4) is 0 Å². The van der Waals surface area contributed by atoms with E-state index in [1.165, 1.54) is 17.2 Å². The Kier molecular flexibility index (Phi) is 4.91. The zero-order valence-electron chi connectivity index (χ0n) is 12.5. The maximum atomic E-state index is 13.7. The Morgan fingerprint density at radius 2 is 1.76 bits per heavy atom. The molecule has 21 heavy (non-hydrogen) atoms. The molecule has 0 unspecified atom stereocenters. The van der Waals surface area contributed by atoms with Crippen LogP contribution in [0.4, 0.5) is 10.1 Å². The predicted octanol–water partition coefficient (Wildman–Crippen LogP) is 4.27. The Balaban J connectivity index is 2.04. The highest BCUT2D eigenvalue weighted by molar-refractivity contribution is 7.80. The Labute approximate surface area is 130 Å². The largest absolute Gasteiger partial charge is 0.348 e. The van der Waals surface area contributed by atoms with Crippen molar-refractivity contribution in [3.63, 3.8) is 0 Å². The van der Waals surface area contributed by atoms with E-state index in [4.69, 9.17) is 12.2 Å². The molecule has 0 atom stereocenters. The molecule has 2 nitrogen and oxygen atoms in total. The van der Waals surface area contributed by atoms with Crippen molar-refractivity contribution in [2.45, 2.75) is 20.4 Å². The zero-order chi connectivity index (χ0) is 15.4. The second-order valence-electron chi connectivity index (χ2n) is 5.25. The van der Waals surface area contributed by atoms with E-state index in [1.54, 1.807) is 12.1 Å². The molecule has 0 fully saturated rings. The van der Waals surface area contributed by atoms with Gasteiger partial charge in [-0.15, -0.1) is 0 Å². The van der Waals surface area contributed by atoms with Gasteiger partial charge in [-0.2, -0.15) is 0 Å². The summed E-state index contributed by atoms with van der Waals surface area (Å²) in [6.45, 7) is 4.53. The van der Waals surface area contributed by atoms with Crippen molar-refractivity contribution in [2.75, 3.05) is 12.4 Å². The molecule has 0 radical (unpaired) electrons. The normalized spacial score (nSPS) is 10.3. The summed E-state index contributed by atoms with van der Waals surface area (Å²) in [5.41, 5.74) is 3.94. The highest BCUT2D eigenvalue weighted by Crippen LogP contribution is 2.15. The average Bonchev–Trinajstić information content (AvgIpc) is 2.40. The van der Waals surface area contributed by atoms with Gasteiger partial charge in [-0.3, -0.25) is 0 Å². The Morgan fingerprint density at radius 1 is 1.14 bits per heavy atom. The van der Waals surface area contributed by atoms with E-state index in [1.807, 2.05) is 44.0 Å². The molecule has 0 saturated heterocycles. The van der Waals surface area contributed by atoms with Crippen LogP contribution in [0.1, 0.15) is 16.7 Å². The fourth-order valence-electron chi connectivity index (χ4n) is 2.22. The number of anilines is 1. The summed E-state index contributed by atoms with van der Waals surface area (Å²) < 4.78 is 13.7. The molecule has 2 rings (SSSR count). The van der Waals surface area contributed by atoms with Gasteiger partial charge in [0.2, 0.25) is 0 Å². The maximum absolute atomic E-state index is 13.7. The van der Waals surface area contributed by atoms with E-state index in [2.05, 4.69) is 11.4 Å². The number of rotatable bonds is 3. The number of halogens is 1. The fourth-order valence-corrected chi connectivity index (χ4v) is 2.40. The first-order chi connectivity index (χ1) is 9.95. The van der Waals surface area contributed by atoms with Gasteiger partial charge in [-0.25, -0.2) is 4.39 Å². The minimum absolute atomic E-state index is 0.210. The van der Waals surface area contributed by atoms with E-state index in [0.717, 1.165) is 5.69 Å². The molecule has 4 heteroatoms. The maximum Gasteiger partial charge on any atom is 0.173 e. The van der Waals surface area contributed by atoms with Gasteiger partial charge in [0.05, 0.1) is 0 Å². The lowest BCUT2D eigenvalue weighted by molar-refractivity contribution is 0.486. The summed E-state index contributed by atoms with van der Waals surface area (Å²) in [7, 11) is 1.85. The first-order valence-corrected chi connectivity index (χ1v) is 7.20. The molecular formula is C17H19FN2S. The molecule has 2 aromatic carbocycles. The van der Waals surface area contributed by atoms with Crippen LogP contribution in [0.2, 0.25) is 0 Å².